The average Bonchev–Trinajstić information content (AvgIpc) is 3.03. The normalized spacial score (nSPS) is 22.2. The molecule has 1 spiro atoms. The van der Waals surface area contributed by atoms with Gasteiger partial charge in [-0.2, -0.15) is 0 Å². The van der Waals surface area contributed by atoms with Crippen LogP contribution in [0.3, 0.4) is 0 Å². The molecule has 1 amide bonds. The summed E-state index contributed by atoms with van der Waals surface area (Å²) in [7, 11) is 1.57. The minimum Gasteiger partial charge on any atom is -0.481 e. The standard InChI is InChI=1S/C20H24N2O3/c1-24-18-11-16(15-7-3-4-8-17(15)22-18)19(23)21-14-12-20(25-13-14)9-5-2-6-10-20/h3-4,7-8,11,14H,2,5-6,9-10,12-13H2,1H3,(H,21,23)/t14-/m1/s1. The molecule has 2 fully saturated rings. The molecular formula is C20H24N2O3. The van der Waals surface area contributed by atoms with Crippen LogP contribution in [0.15, 0.2) is 30.3 Å². The summed E-state index contributed by atoms with van der Waals surface area (Å²) in [5.74, 6) is 0.369. The van der Waals surface area contributed by atoms with Crippen molar-refractivity contribution in [3.8, 4) is 5.88 Å². The number of para-hydroxylation sites is 1. The largest absolute Gasteiger partial charge is 0.481 e. The monoisotopic (exact) mass is 340 g/mol. The number of benzene rings is 1. The van der Waals surface area contributed by atoms with E-state index in [2.05, 4.69) is 10.3 Å². The fourth-order valence-electron chi connectivity index (χ4n) is 4.19. The van der Waals surface area contributed by atoms with Crippen molar-refractivity contribution < 1.29 is 14.3 Å². The molecule has 0 bridgehead atoms. The number of hydrogen-bond donors (Lipinski definition) is 1. The Bertz CT molecular complexity index is 784. The number of ether oxygens (including phenoxy) is 2. The number of rotatable bonds is 3. The number of methoxy groups -OCH3 is 1. The van der Waals surface area contributed by atoms with Crippen molar-refractivity contribution in [2.45, 2.75) is 50.2 Å². The zero-order chi connectivity index (χ0) is 17.3. The number of nitrogens with one attached hydrogen (secondary N) is 1. The van der Waals surface area contributed by atoms with E-state index in [1.165, 1.54) is 19.3 Å². The number of hydrogen-bond acceptors (Lipinski definition) is 4. The van der Waals surface area contributed by atoms with Gasteiger partial charge in [0.25, 0.3) is 5.91 Å². The summed E-state index contributed by atoms with van der Waals surface area (Å²) in [6.07, 6.45) is 6.90. The highest BCUT2D eigenvalue weighted by molar-refractivity contribution is 6.06. The molecule has 4 rings (SSSR count). The Balaban J connectivity index is 1.54. The fourth-order valence-corrected chi connectivity index (χ4v) is 4.19. The second-order valence-electron chi connectivity index (χ2n) is 7.16. The van der Waals surface area contributed by atoms with Crippen molar-refractivity contribution in [3.63, 3.8) is 0 Å². The van der Waals surface area contributed by atoms with Crippen LogP contribution in [-0.2, 0) is 4.74 Å². The topological polar surface area (TPSA) is 60.5 Å². The van der Waals surface area contributed by atoms with Crippen molar-refractivity contribution >= 4 is 16.8 Å². The van der Waals surface area contributed by atoms with E-state index in [9.17, 15) is 4.79 Å². The molecule has 1 aliphatic heterocycles. The van der Waals surface area contributed by atoms with Gasteiger partial charge in [-0.3, -0.25) is 4.79 Å². The van der Waals surface area contributed by atoms with Gasteiger partial charge < -0.3 is 14.8 Å². The van der Waals surface area contributed by atoms with E-state index < -0.39 is 0 Å². The second kappa shape index (κ2) is 6.64. The van der Waals surface area contributed by atoms with Crippen LogP contribution in [-0.4, -0.2) is 36.3 Å². The van der Waals surface area contributed by atoms with Crippen LogP contribution < -0.4 is 10.1 Å². The zero-order valence-electron chi connectivity index (χ0n) is 14.6. The van der Waals surface area contributed by atoms with Crippen molar-refractivity contribution in [3.05, 3.63) is 35.9 Å². The van der Waals surface area contributed by atoms with E-state index in [4.69, 9.17) is 9.47 Å². The molecule has 1 saturated carbocycles. The SMILES string of the molecule is COc1cc(C(=O)N[C@H]2COC3(CCCCC3)C2)c2ccccc2n1. The van der Waals surface area contributed by atoms with Crippen molar-refractivity contribution in [1.82, 2.24) is 10.3 Å². The number of nitrogens with zero attached hydrogens (tertiary/aromatic N) is 1. The maximum absolute atomic E-state index is 12.9. The summed E-state index contributed by atoms with van der Waals surface area (Å²) in [6, 6.07) is 9.43. The van der Waals surface area contributed by atoms with Gasteiger partial charge in [-0.1, -0.05) is 37.5 Å². The number of carbonyl (C=O) groups excluding carboxylic acids is 1. The smallest absolute Gasteiger partial charge is 0.252 e. The van der Waals surface area contributed by atoms with Gasteiger partial charge in [-0.25, -0.2) is 4.98 Å². The van der Waals surface area contributed by atoms with E-state index >= 15 is 0 Å². The first-order valence-electron chi connectivity index (χ1n) is 9.08. The van der Waals surface area contributed by atoms with Gasteiger partial charge >= 0.3 is 0 Å². The van der Waals surface area contributed by atoms with Crippen LogP contribution in [0.1, 0.15) is 48.9 Å². The van der Waals surface area contributed by atoms with Gasteiger partial charge in [0.2, 0.25) is 5.88 Å². The minimum absolute atomic E-state index is 0.00576. The molecule has 5 heteroatoms. The lowest BCUT2D eigenvalue weighted by atomic mass is 9.82. The van der Waals surface area contributed by atoms with Gasteiger partial charge in [0.15, 0.2) is 0 Å². The van der Waals surface area contributed by atoms with Gasteiger partial charge in [0.05, 0.1) is 36.4 Å². The molecule has 0 unspecified atom stereocenters. The second-order valence-corrected chi connectivity index (χ2v) is 7.16. The number of fused-ring (bicyclic) bond motifs is 1. The molecule has 25 heavy (non-hydrogen) atoms. The van der Waals surface area contributed by atoms with E-state index in [0.29, 0.717) is 18.1 Å². The number of amides is 1. The Hall–Kier alpha value is -2.14. The molecule has 5 nitrogen and oxygen atoms in total. The van der Waals surface area contributed by atoms with Crippen molar-refractivity contribution in [1.29, 1.82) is 0 Å². The third-order valence-electron chi connectivity index (χ3n) is 5.46. The summed E-state index contributed by atoms with van der Waals surface area (Å²) >= 11 is 0. The van der Waals surface area contributed by atoms with Crippen LogP contribution in [0, 0.1) is 0 Å². The molecule has 1 aliphatic carbocycles. The molecular weight excluding hydrogens is 316 g/mol. The van der Waals surface area contributed by atoms with Crippen LogP contribution in [0.2, 0.25) is 0 Å². The molecule has 132 valence electrons. The number of carbonyl (C=O) groups is 1. The lowest BCUT2D eigenvalue weighted by Gasteiger charge is -2.32. The molecule has 2 heterocycles. The summed E-state index contributed by atoms with van der Waals surface area (Å²) in [4.78, 5) is 17.3. The zero-order valence-corrected chi connectivity index (χ0v) is 14.6. The Morgan fingerprint density at radius 2 is 2.08 bits per heavy atom. The lowest BCUT2D eigenvalue weighted by molar-refractivity contribution is -0.0246. The molecule has 1 aromatic heterocycles. The Morgan fingerprint density at radius 3 is 2.88 bits per heavy atom. The number of aromatic nitrogens is 1. The fraction of sp³-hybridized carbons (Fsp3) is 0.500. The molecule has 1 aromatic carbocycles. The van der Waals surface area contributed by atoms with Gasteiger partial charge in [0.1, 0.15) is 0 Å². The average molecular weight is 340 g/mol. The maximum atomic E-state index is 12.9. The molecule has 1 N–H and O–H groups in total. The molecule has 1 saturated heterocycles. The predicted octanol–water partition coefficient (Wildman–Crippen LogP) is 3.47. The van der Waals surface area contributed by atoms with Crippen LogP contribution in [0.25, 0.3) is 10.9 Å². The predicted molar refractivity (Wildman–Crippen MR) is 95.9 cm³/mol. The lowest BCUT2D eigenvalue weighted by Crippen LogP contribution is -2.37. The van der Waals surface area contributed by atoms with E-state index in [1.807, 2.05) is 24.3 Å². The third-order valence-corrected chi connectivity index (χ3v) is 5.46. The molecule has 2 aromatic rings. The van der Waals surface area contributed by atoms with Crippen molar-refractivity contribution in [2.75, 3.05) is 13.7 Å². The van der Waals surface area contributed by atoms with Crippen molar-refractivity contribution in [2.24, 2.45) is 0 Å². The first kappa shape index (κ1) is 16.3. The summed E-state index contributed by atoms with van der Waals surface area (Å²) < 4.78 is 11.4. The summed E-state index contributed by atoms with van der Waals surface area (Å²) in [5.41, 5.74) is 1.36. The highest BCUT2D eigenvalue weighted by Crippen LogP contribution is 2.39. The quantitative estimate of drug-likeness (QED) is 0.929. The van der Waals surface area contributed by atoms with E-state index in [-0.39, 0.29) is 17.6 Å². The third kappa shape index (κ3) is 3.21. The summed E-state index contributed by atoms with van der Waals surface area (Å²) in [5, 5.41) is 4.00. The molecule has 1 atom stereocenters. The Morgan fingerprint density at radius 1 is 1.28 bits per heavy atom. The van der Waals surface area contributed by atoms with Crippen LogP contribution in [0.4, 0.5) is 0 Å². The minimum atomic E-state index is -0.0849. The highest BCUT2D eigenvalue weighted by Gasteiger charge is 2.41. The molecule has 0 radical (unpaired) electrons. The Labute approximate surface area is 147 Å². The van der Waals surface area contributed by atoms with Crippen LogP contribution >= 0.6 is 0 Å². The highest BCUT2D eigenvalue weighted by atomic mass is 16.5. The van der Waals surface area contributed by atoms with E-state index in [1.54, 1.807) is 13.2 Å². The van der Waals surface area contributed by atoms with E-state index in [0.717, 1.165) is 30.2 Å². The van der Waals surface area contributed by atoms with Crippen LogP contribution in [0.5, 0.6) is 5.88 Å². The summed E-state index contributed by atoms with van der Waals surface area (Å²) in [6.45, 7) is 0.603. The maximum Gasteiger partial charge on any atom is 0.252 e. The first-order chi connectivity index (χ1) is 12.2. The van der Waals surface area contributed by atoms with Gasteiger partial charge in [0, 0.05) is 11.5 Å². The number of pyridine rings is 1. The molecule has 2 aliphatic rings. The first-order valence-corrected chi connectivity index (χ1v) is 9.08. The Kier molecular flexibility index (Phi) is 4.34. The van der Waals surface area contributed by atoms with Gasteiger partial charge in [-0.05, 0) is 25.3 Å². The van der Waals surface area contributed by atoms with Gasteiger partial charge in [-0.15, -0.1) is 0 Å².